The Labute approximate surface area is 185 Å². The highest BCUT2D eigenvalue weighted by molar-refractivity contribution is 5.83. The van der Waals surface area contributed by atoms with E-state index in [4.69, 9.17) is 0 Å². The van der Waals surface area contributed by atoms with Crippen molar-refractivity contribution in [3.63, 3.8) is 0 Å². The largest absolute Gasteiger partial charge is 0.481 e. The molecule has 0 aromatic heterocycles. The van der Waals surface area contributed by atoms with E-state index >= 15 is 0 Å². The van der Waals surface area contributed by atoms with Gasteiger partial charge in [0.1, 0.15) is 0 Å². The Hall–Kier alpha value is -0.790. The number of hydrogen-bond donors (Lipinski definition) is 1. The zero-order chi connectivity index (χ0) is 21.7. The summed E-state index contributed by atoms with van der Waals surface area (Å²) in [5.41, 5.74) is 2.25. The molecule has 0 aliphatic heterocycles. The maximum Gasteiger partial charge on any atom is 0.311 e. The first kappa shape index (κ1) is 22.4. The third-order valence-corrected chi connectivity index (χ3v) is 10.5. The Balaban J connectivity index is 1.49. The molecule has 0 spiro atoms. The Morgan fingerprint density at radius 3 is 2.57 bits per heavy atom. The molecule has 2 heteroatoms. The summed E-state index contributed by atoms with van der Waals surface area (Å²) in [6, 6.07) is 0. The molecule has 0 bridgehead atoms. The first-order chi connectivity index (χ1) is 14.2. The van der Waals surface area contributed by atoms with Crippen LogP contribution in [-0.2, 0) is 4.79 Å². The number of aliphatic carboxylic acids is 1. The van der Waals surface area contributed by atoms with Crippen molar-refractivity contribution >= 4 is 5.97 Å². The van der Waals surface area contributed by atoms with Crippen LogP contribution < -0.4 is 0 Å². The van der Waals surface area contributed by atoms with Gasteiger partial charge in [0, 0.05) is 0 Å². The molecule has 3 fully saturated rings. The monoisotopic (exact) mass is 413 g/mol. The summed E-state index contributed by atoms with van der Waals surface area (Å²) in [4.78, 5) is 11.6. The molecule has 0 aromatic carbocycles. The Morgan fingerprint density at radius 1 is 1.10 bits per heavy atom. The number of rotatable bonds is 6. The highest BCUT2D eigenvalue weighted by atomic mass is 16.4. The first-order valence-corrected chi connectivity index (χ1v) is 12.9. The molecule has 4 rings (SSSR count). The molecule has 7 atom stereocenters. The summed E-state index contributed by atoms with van der Waals surface area (Å²) in [7, 11) is 0. The highest BCUT2D eigenvalue weighted by Crippen LogP contribution is 2.67. The smallest absolute Gasteiger partial charge is 0.311 e. The van der Waals surface area contributed by atoms with Crippen LogP contribution in [0, 0.1) is 52.3 Å². The van der Waals surface area contributed by atoms with Crippen LogP contribution >= 0.6 is 0 Å². The number of carbonyl (C=O) groups is 1. The predicted molar refractivity (Wildman–Crippen MR) is 124 cm³/mol. The summed E-state index contributed by atoms with van der Waals surface area (Å²) >= 11 is 0. The van der Waals surface area contributed by atoms with Crippen LogP contribution in [0.15, 0.2) is 11.6 Å². The van der Waals surface area contributed by atoms with E-state index in [1.807, 2.05) is 0 Å². The number of carboxylic acids is 1. The van der Waals surface area contributed by atoms with Gasteiger partial charge in [-0.3, -0.25) is 4.79 Å². The molecule has 0 aromatic rings. The quantitative estimate of drug-likeness (QED) is 0.453. The third-order valence-electron chi connectivity index (χ3n) is 10.5. The van der Waals surface area contributed by atoms with Gasteiger partial charge in [-0.15, -0.1) is 0 Å². The zero-order valence-corrected chi connectivity index (χ0v) is 20.2. The van der Waals surface area contributed by atoms with E-state index in [0.29, 0.717) is 5.41 Å². The molecule has 0 heterocycles. The van der Waals surface area contributed by atoms with Gasteiger partial charge in [0.25, 0.3) is 0 Å². The fourth-order valence-corrected chi connectivity index (χ4v) is 8.71. The lowest BCUT2D eigenvalue weighted by Gasteiger charge is -2.58. The molecular formula is C28H45O2. The summed E-state index contributed by atoms with van der Waals surface area (Å²) < 4.78 is 0. The average Bonchev–Trinajstić information content (AvgIpc) is 3.04. The van der Waals surface area contributed by atoms with Crippen molar-refractivity contribution in [3.8, 4) is 0 Å². The minimum Gasteiger partial charge on any atom is -0.481 e. The second-order valence-corrected chi connectivity index (χ2v) is 12.4. The van der Waals surface area contributed by atoms with E-state index in [-0.39, 0.29) is 5.41 Å². The van der Waals surface area contributed by atoms with Gasteiger partial charge in [0.15, 0.2) is 0 Å². The standard InChI is InChI=1S/C28H45O2/c1-18(2)7-6-8-19(3)23-11-12-24-22-10-9-21-17-20(26(29)30)13-15-27(21,4)25(22)14-16-28(23,24)5/h9,18-19,22-25H,6-8,10-17H2,1-5H3,(H,29,30)/t19-,22+,23-,24+,25+,27+,28-/m1/s1. The predicted octanol–water partition coefficient (Wildman–Crippen LogP) is 7.69. The summed E-state index contributed by atoms with van der Waals surface area (Å²) in [6.07, 6.45) is 16.1. The van der Waals surface area contributed by atoms with Gasteiger partial charge in [-0.05, 0) is 97.7 Å². The van der Waals surface area contributed by atoms with E-state index < -0.39 is 5.97 Å². The van der Waals surface area contributed by atoms with E-state index in [1.165, 1.54) is 56.9 Å². The van der Waals surface area contributed by atoms with E-state index in [2.05, 4.69) is 40.7 Å². The Bertz CT molecular complexity index is 678. The highest BCUT2D eigenvalue weighted by Gasteiger charge is 2.59. The van der Waals surface area contributed by atoms with Crippen molar-refractivity contribution in [3.05, 3.63) is 17.6 Å². The minimum atomic E-state index is -0.665. The first-order valence-electron chi connectivity index (χ1n) is 12.9. The lowest BCUT2D eigenvalue weighted by molar-refractivity contribution is -0.135. The Kier molecular flexibility index (Phi) is 6.19. The van der Waals surface area contributed by atoms with Gasteiger partial charge < -0.3 is 5.11 Å². The average molecular weight is 414 g/mol. The topological polar surface area (TPSA) is 37.3 Å². The molecule has 169 valence electrons. The van der Waals surface area contributed by atoms with Crippen LogP contribution in [0.3, 0.4) is 0 Å². The van der Waals surface area contributed by atoms with Crippen molar-refractivity contribution in [1.29, 1.82) is 0 Å². The number of fused-ring (bicyclic) bond motifs is 5. The molecule has 0 amide bonds. The van der Waals surface area contributed by atoms with Crippen LogP contribution in [-0.4, -0.2) is 11.1 Å². The van der Waals surface area contributed by atoms with Crippen molar-refractivity contribution in [1.82, 2.24) is 0 Å². The van der Waals surface area contributed by atoms with Crippen LogP contribution in [0.4, 0.5) is 0 Å². The second kappa shape index (κ2) is 8.28. The van der Waals surface area contributed by atoms with Gasteiger partial charge in [-0.2, -0.15) is 0 Å². The molecule has 2 nitrogen and oxygen atoms in total. The van der Waals surface area contributed by atoms with Gasteiger partial charge in [0.05, 0.1) is 5.92 Å². The van der Waals surface area contributed by atoms with Gasteiger partial charge in [-0.25, -0.2) is 0 Å². The van der Waals surface area contributed by atoms with E-state index in [0.717, 1.165) is 60.7 Å². The number of hydrogen-bond acceptors (Lipinski definition) is 1. The SMILES string of the molecule is CC(C)CCC[C@@H](C)[C@H]1CC[C@H]2[C@@H]3CC=C4C[C](C(=O)O)CC[C@]4(C)[C@H]3CC[C@]12C. The fraction of sp³-hybridized carbons (Fsp3) is 0.857. The summed E-state index contributed by atoms with van der Waals surface area (Å²) in [5.74, 6) is 5.18. The Morgan fingerprint density at radius 2 is 1.87 bits per heavy atom. The van der Waals surface area contributed by atoms with Crippen LogP contribution in [0.25, 0.3) is 0 Å². The van der Waals surface area contributed by atoms with Gasteiger partial charge in [0.2, 0.25) is 0 Å². The molecule has 1 radical (unpaired) electrons. The lowest BCUT2D eigenvalue weighted by atomic mass is 9.46. The fourth-order valence-electron chi connectivity index (χ4n) is 8.71. The second-order valence-electron chi connectivity index (χ2n) is 12.4. The maximum absolute atomic E-state index is 11.6. The van der Waals surface area contributed by atoms with Crippen molar-refractivity contribution in [2.45, 2.75) is 105 Å². The molecule has 0 saturated heterocycles. The lowest BCUT2D eigenvalue weighted by Crippen LogP contribution is -2.50. The molecule has 1 N–H and O–H groups in total. The molecular weight excluding hydrogens is 368 g/mol. The minimum absolute atomic E-state index is 0.254. The zero-order valence-electron chi connectivity index (χ0n) is 20.2. The van der Waals surface area contributed by atoms with E-state index in [9.17, 15) is 9.90 Å². The van der Waals surface area contributed by atoms with Gasteiger partial charge >= 0.3 is 5.97 Å². The summed E-state index contributed by atoms with van der Waals surface area (Å²) in [6.45, 7) is 12.4. The number of allylic oxidation sites excluding steroid dienone is 2. The normalized spacial score (nSPS) is 42.3. The van der Waals surface area contributed by atoms with Gasteiger partial charge in [-0.1, -0.05) is 65.5 Å². The molecule has 4 aliphatic carbocycles. The third kappa shape index (κ3) is 3.69. The van der Waals surface area contributed by atoms with E-state index in [1.54, 1.807) is 0 Å². The van der Waals surface area contributed by atoms with Crippen LogP contribution in [0.1, 0.15) is 105 Å². The number of carboxylic acid groups (broad SMARTS) is 1. The van der Waals surface area contributed by atoms with Crippen molar-refractivity contribution in [2.75, 3.05) is 0 Å². The maximum atomic E-state index is 11.6. The molecule has 30 heavy (non-hydrogen) atoms. The molecule has 0 unspecified atom stereocenters. The van der Waals surface area contributed by atoms with Crippen LogP contribution in [0.5, 0.6) is 0 Å². The van der Waals surface area contributed by atoms with Crippen LogP contribution in [0.2, 0.25) is 0 Å². The molecule has 3 saturated carbocycles. The molecule has 4 aliphatic rings. The van der Waals surface area contributed by atoms with Crippen molar-refractivity contribution < 1.29 is 9.90 Å². The summed E-state index contributed by atoms with van der Waals surface area (Å²) in [5, 5.41) is 9.51. The van der Waals surface area contributed by atoms with Crippen molar-refractivity contribution in [2.24, 2.45) is 46.3 Å².